The standard InChI is InChI=1S/C53H62FN9O9/c1-29(2)45(59-52(66)67)49(64)61-18-10-14-40(61)47-55-27-37(57-47)31-16-17-39-34(22-31)25-42-44-36(54)24-33(26-43(44)72-51(63(39)42)32-12-9-13-35(23-32)71-21-8-7-20-69-5)38-28-56-48(58-38)41-15-11-19-62(41)50(65)46(30(3)4)60-53(68)70-6/h9,12-13,16-17,22-30,40-41,45-46,51,59H,7-8,10-11,14-15,18-21H2,1-6H3,(H,55,57)(H,56,58)(H,60,68)(H,66,67). The van der Waals surface area contributed by atoms with Gasteiger partial charge in [-0.2, -0.15) is 0 Å². The largest absolute Gasteiger partial charge is 0.494 e. The Labute approximate surface area is 416 Å². The van der Waals surface area contributed by atoms with Gasteiger partial charge in [-0.3, -0.25) is 9.59 Å². The van der Waals surface area contributed by atoms with Gasteiger partial charge in [0.25, 0.3) is 0 Å². The average Bonchev–Trinajstić information content (AvgIpc) is 4.23. The van der Waals surface area contributed by atoms with E-state index in [0.717, 1.165) is 53.4 Å². The van der Waals surface area contributed by atoms with Crippen LogP contribution in [0.4, 0.5) is 14.0 Å². The molecule has 380 valence electrons. The number of fused-ring (bicyclic) bond motifs is 5. The highest BCUT2D eigenvalue weighted by Gasteiger charge is 2.40. The zero-order valence-corrected chi connectivity index (χ0v) is 41.4. The van der Waals surface area contributed by atoms with E-state index >= 15 is 4.39 Å². The molecule has 2 fully saturated rings. The van der Waals surface area contributed by atoms with Crippen LogP contribution in [0.5, 0.6) is 11.5 Å². The maximum Gasteiger partial charge on any atom is 0.407 e. The van der Waals surface area contributed by atoms with Crippen molar-refractivity contribution in [2.24, 2.45) is 11.8 Å². The third kappa shape index (κ3) is 9.93. The predicted octanol–water partition coefficient (Wildman–Crippen LogP) is 8.97. The van der Waals surface area contributed by atoms with Crippen LogP contribution in [0.25, 0.3) is 44.7 Å². The molecule has 5 unspecified atom stereocenters. The molecule has 4 amide bonds. The number of nitrogens with zero attached hydrogens (tertiary/aromatic N) is 5. The van der Waals surface area contributed by atoms with Gasteiger partial charge in [0.15, 0.2) is 0 Å². The monoisotopic (exact) mass is 987 g/mol. The predicted molar refractivity (Wildman–Crippen MR) is 266 cm³/mol. The van der Waals surface area contributed by atoms with Crippen LogP contribution < -0.4 is 20.1 Å². The molecule has 19 heteroatoms. The molecule has 0 bridgehead atoms. The van der Waals surface area contributed by atoms with E-state index in [1.54, 1.807) is 29.3 Å². The van der Waals surface area contributed by atoms with Gasteiger partial charge in [0.1, 0.15) is 41.0 Å². The number of alkyl carbamates (subject to hydrolysis) is 1. The molecule has 5 atom stereocenters. The van der Waals surface area contributed by atoms with E-state index in [1.165, 1.54) is 13.2 Å². The number of hydrogen-bond donors (Lipinski definition) is 5. The SMILES string of the molecule is COCCCCOc1cccc(C2Oc3cc(-c4cnc(C5CCCN5C(=O)C(NC(=O)OC)C(C)C)[nH]4)cc(F)c3-c3cc4cc(-c5cnc(C6CCCN6C(=O)C(NC(=O)O)C(C)C)[nH]5)ccc4n32)c1. The fourth-order valence-corrected chi connectivity index (χ4v) is 10.3. The Balaban J connectivity index is 1.05. The number of methoxy groups -OCH3 is 2. The van der Waals surface area contributed by atoms with Crippen molar-refractivity contribution in [3.63, 3.8) is 0 Å². The second-order valence-electron chi connectivity index (χ2n) is 19.4. The van der Waals surface area contributed by atoms with Crippen molar-refractivity contribution in [2.75, 3.05) is 40.5 Å². The van der Waals surface area contributed by atoms with E-state index in [0.29, 0.717) is 79.2 Å². The lowest BCUT2D eigenvalue weighted by Gasteiger charge is -2.31. The minimum Gasteiger partial charge on any atom is -0.494 e. The van der Waals surface area contributed by atoms with Gasteiger partial charge in [-0.1, -0.05) is 45.9 Å². The number of carbonyl (C=O) groups is 4. The lowest BCUT2D eigenvalue weighted by molar-refractivity contribution is -0.136. The van der Waals surface area contributed by atoms with E-state index in [4.69, 9.17) is 28.9 Å². The van der Waals surface area contributed by atoms with Gasteiger partial charge in [-0.05, 0) is 92.8 Å². The molecular weight excluding hydrogens is 926 g/mol. The number of amides is 4. The number of rotatable bonds is 17. The summed E-state index contributed by atoms with van der Waals surface area (Å²) in [6.07, 6.45) is 5.21. The summed E-state index contributed by atoms with van der Waals surface area (Å²) < 4.78 is 42.1. The number of H-pyrrole nitrogens is 2. The summed E-state index contributed by atoms with van der Waals surface area (Å²) in [7, 11) is 2.94. The summed E-state index contributed by atoms with van der Waals surface area (Å²) in [5.41, 5.74) is 5.06. The number of unbranched alkanes of at least 4 members (excludes halogenated alkanes) is 1. The maximum absolute atomic E-state index is 17.0. The molecule has 18 nitrogen and oxygen atoms in total. The van der Waals surface area contributed by atoms with E-state index in [1.807, 2.05) is 86.9 Å². The first-order valence-corrected chi connectivity index (χ1v) is 24.7. The molecule has 3 aromatic heterocycles. The van der Waals surface area contributed by atoms with Gasteiger partial charge in [-0.25, -0.2) is 23.9 Å². The summed E-state index contributed by atoms with van der Waals surface area (Å²) in [6.45, 7) is 9.47. The van der Waals surface area contributed by atoms with Gasteiger partial charge < -0.3 is 59.0 Å². The Bertz CT molecular complexity index is 2960. The second kappa shape index (κ2) is 21.1. The van der Waals surface area contributed by atoms with Crippen LogP contribution in [0.2, 0.25) is 0 Å². The van der Waals surface area contributed by atoms with E-state index in [2.05, 4.69) is 20.6 Å². The van der Waals surface area contributed by atoms with Crippen molar-refractivity contribution in [1.82, 2.24) is 44.9 Å². The number of ether oxygens (including phenoxy) is 4. The van der Waals surface area contributed by atoms with Gasteiger partial charge in [0.2, 0.25) is 18.0 Å². The van der Waals surface area contributed by atoms with Crippen molar-refractivity contribution in [3.05, 3.63) is 96.1 Å². The molecule has 0 saturated carbocycles. The van der Waals surface area contributed by atoms with Crippen molar-refractivity contribution in [1.29, 1.82) is 0 Å². The van der Waals surface area contributed by atoms with Crippen LogP contribution >= 0.6 is 0 Å². The summed E-state index contributed by atoms with van der Waals surface area (Å²) >= 11 is 0. The Morgan fingerprint density at radius 3 is 2.07 bits per heavy atom. The highest BCUT2D eigenvalue weighted by atomic mass is 19.1. The Hall–Kier alpha value is -7.41. The molecule has 2 saturated heterocycles. The van der Waals surface area contributed by atoms with Gasteiger partial charge in [-0.15, -0.1) is 0 Å². The number of carbonyl (C=O) groups excluding carboxylic acids is 3. The molecule has 3 aliphatic rings. The number of benzene rings is 3. The molecule has 0 radical (unpaired) electrons. The molecular formula is C53H62FN9O9. The van der Waals surface area contributed by atoms with E-state index in [9.17, 15) is 24.3 Å². The molecule has 3 aliphatic heterocycles. The number of halogens is 1. The topological polar surface area (TPSA) is 218 Å². The summed E-state index contributed by atoms with van der Waals surface area (Å²) in [4.78, 5) is 71.0. The number of aromatic nitrogens is 5. The number of aromatic amines is 2. The summed E-state index contributed by atoms with van der Waals surface area (Å²) in [5, 5.41) is 15.4. The van der Waals surface area contributed by atoms with Crippen molar-refractivity contribution >= 4 is 34.9 Å². The molecule has 0 aliphatic carbocycles. The van der Waals surface area contributed by atoms with E-state index < -0.39 is 36.3 Å². The van der Waals surface area contributed by atoms with Gasteiger partial charge >= 0.3 is 12.2 Å². The van der Waals surface area contributed by atoms with Gasteiger partial charge in [0.05, 0.1) is 66.4 Å². The first-order valence-electron chi connectivity index (χ1n) is 24.7. The third-order valence-corrected chi connectivity index (χ3v) is 13.9. The van der Waals surface area contributed by atoms with Crippen LogP contribution in [-0.2, 0) is 19.1 Å². The molecule has 9 rings (SSSR count). The minimum atomic E-state index is -1.25. The smallest absolute Gasteiger partial charge is 0.407 e. The highest BCUT2D eigenvalue weighted by Crippen LogP contribution is 2.48. The van der Waals surface area contributed by atoms with Crippen LogP contribution in [-0.4, -0.2) is 116 Å². The number of likely N-dealkylation sites (tertiary alicyclic amines) is 2. The van der Waals surface area contributed by atoms with Crippen LogP contribution in [0.15, 0.2) is 73.1 Å². The normalized spacial score (nSPS) is 18.2. The average molecular weight is 988 g/mol. The molecule has 6 heterocycles. The minimum absolute atomic E-state index is 0.192. The highest BCUT2D eigenvalue weighted by molar-refractivity contribution is 5.93. The van der Waals surface area contributed by atoms with Crippen LogP contribution in [0.1, 0.15) is 102 Å². The Kier molecular flexibility index (Phi) is 14.5. The van der Waals surface area contributed by atoms with Gasteiger partial charge in [0, 0.05) is 48.9 Å². The number of hydrogen-bond acceptors (Lipinski definition) is 10. The van der Waals surface area contributed by atoms with E-state index in [-0.39, 0.29) is 41.3 Å². The number of nitrogens with one attached hydrogen (secondary N) is 4. The zero-order chi connectivity index (χ0) is 50.8. The van der Waals surface area contributed by atoms with Crippen molar-refractivity contribution < 1.29 is 47.6 Å². The fourth-order valence-electron chi connectivity index (χ4n) is 10.3. The molecule has 0 spiro atoms. The lowest BCUT2D eigenvalue weighted by atomic mass is 10.0. The molecule has 3 aromatic carbocycles. The summed E-state index contributed by atoms with van der Waals surface area (Å²) in [5.74, 6) is 0.692. The maximum atomic E-state index is 17.0. The lowest BCUT2D eigenvalue weighted by Crippen LogP contribution is -2.51. The van der Waals surface area contributed by atoms with Crippen LogP contribution in [0.3, 0.4) is 0 Å². The number of imidazole rings is 2. The fraction of sp³-hybridized carbons (Fsp3) is 0.434. The quantitative estimate of drug-likeness (QED) is 0.0543. The third-order valence-electron chi connectivity index (χ3n) is 13.9. The second-order valence-corrected chi connectivity index (χ2v) is 19.4. The molecule has 72 heavy (non-hydrogen) atoms. The number of carboxylic acid groups (broad SMARTS) is 1. The zero-order valence-electron chi connectivity index (χ0n) is 41.4. The van der Waals surface area contributed by atoms with Crippen molar-refractivity contribution in [3.8, 4) is 45.3 Å². The first kappa shape index (κ1) is 49.6. The van der Waals surface area contributed by atoms with Crippen molar-refractivity contribution in [2.45, 2.75) is 96.6 Å². The Morgan fingerprint density at radius 2 is 1.44 bits per heavy atom. The van der Waals surface area contributed by atoms with Crippen LogP contribution in [0, 0.1) is 17.7 Å². The summed E-state index contributed by atoms with van der Waals surface area (Å²) in [6, 6.07) is 16.5. The molecule has 5 N–H and O–H groups in total. The Morgan fingerprint density at radius 1 is 0.806 bits per heavy atom. The molecule has 6 aromatic rings. The first-order chi connectivity index (χ1) is 34.7.